The lowest BCUT2D eigenvalue weighted by Crippen LogP contribution is -2.40. The molecule has 0 radical (unpaired) electrons. The topological polar surface area (TPSA) is 39.7 Å². The van der Waals surface area contributed by atoms with Crippen LogP contribution in [-0.4, -0.2) is 66.5 Å². The van der Waals surface area contributed by atoms with Crippen molar-refractivity contribution in [3.8, 4) is 0 Å². The molecule has 0 saturated carbocycles. The first kappa shape index (κ1) is 19.9. The summed E-state index contributed by atoms with van der Waals surface area (Å²) in [4.78, 5) is 23.7. The van der Waals surface area contributed by atoms with Gasteiger partial charge in [-0.25, -0.2) is 4.98 Å². The average Bonchev–Trinajstić information content (AvgIpc) is 3.03. The fraction of sp³-hybridized carbons (Fsp3) is 0.700. The van der Waals surface area contributed by atoms with E-state index in [9.17, 15) is 4.79 Å². The summed E-state index contributed by atoms with van der Waals surface area (Å²) in [6.45, 7) is 13.4. The second kappa shape index (κ2) is 9.30. The number of likely N-dealkylation sites (N-methyl/N-ethyl adjacent to an activating group) is 1. The monoisotopic (exact) mass is 346 g/mol. The Morgan fingerprint density at radius 2 is 2.16 bits per heavy atom. The number of carbonyl (C=O) groups is 1. The number of nitrogens with zero attached hydrogens (tertiary/aromatic N) is 4. The van der Waals surface area contributed by atoms with E-state index in [1.165, 1.54) is 6.42 Å². The Bertz CT molecular complexity index is 560. The number of aryl methyl sites for hydroxylation is 1. The van der Waals surface area contributed by atoms with Crippen LogP contribution in [0, 0.1) is 12.8 Å². The molecule has 5 nitrogen and oxygen atoms in total. The van der Waals surface area contributed by atoms with Gasteiger partial charge in [-0.15, -0.1) is 0 Å². The number of likely N-dealkylation sites (tertiary alicyclic amines) is 1. The standard InChI is InChI=1S/C20H34N4O/c1-6-20(25)24(19-9-7-8-17(4)21-19)13-12-23-11-10-18(15-23)22(5)14-16(2)3/h7-9,16,18H,6,10-15H2,1-5H3. The van der Waals surface area contributed by atoms with Gasteiger partial charge in [-0.3, -0.25) is 14.6 Å². The van der Waals surface area contributed by atoms with Crippen molar-refractivity contribution >= 4 is 11.7 Å². The van der Waals surface area contributed by atoms with Crippen molar-refractivity contribution < 1.29 is 4.79 Å². The molecule has 2 heterocycles. The van der Waals surface area contributed by atoms with E-state index in [0.717, 1.165) is 37.7 Å². The lowest BCUT2D eigenvalue weighted by Gasteiger charge is -2.27. The molecule has 0 aliphatic carbocycles. The van der Waals surface area contributed by atoms with E-state index >= 15 is 0 Å². The Morgan fingerprint density at radius 1 is 1.40 bits per heavy atom. The van der Waals surface area contributed by atoms with E-state index in [4.69, 9.17) is 0 Å². The number of hydrogen-bond acceptors (Lipinski definition) is 4. The van der Waals surface area contributed by atoms with E-state index in [2.05, 4.69) is 35.7 Å². The van der Waals surface area contributed by atoms with Crippen LogP contribution >= 0.6 is 0 Å². The normalized spacial score (nSPS) is 18.3. The number of pyridine rings is 1. The van der Waals surface area contributed by atoms with Crippen molar-refractivity contribution in [3.63, 3.8) is 0 Å². The Morgan fingerprint density at radius 3 is 2.80 bits per heavy atom. The van der Waals surface area contributed by atoms with Crippen molar-refractivity contribution in [2.45, 2.75) is 46.6 Å². The van der Waals surface area contributed by atoms with Gasteiger partial charge in [0.05, 0.1) is 0 Å². The summed E-state index contributed by atoms with van der Waals surface area (Å²) in [6.07, 6.45) is 1.73. The SMILES string of the molecule is CCC(=O)N(CCN1CCC(N(C)CC(C)C)C1)c1cccc(C)n1. The van der Waals surface area contributed by atoms with Crippen LogP contribution < -0.4 is 4.90 Å². The Kier molecular flexibility index (Phi) is 7.38. The first-order valence-electron chi connectivity index (χ1n) is 9.57. The lowest BCUT2D eigenvalue weighted by atomic mass is 10.1. The van der Waals surface area contributed by atoms with Crippen LogP contribution in [0.2, 0.25) is 0 Å². The van der Waals surface area contributed by atoms with Crippen LogP contribution in [0.1, 0.15) is 39.3 Å². The van der Waals surface area contributed by atoms with Gasteiger partial charge in [-0.2, -0.15) is 0 Å². The molecule has 140 valence electrons. The smallest absolute Gasteiger partial charge is 0.227 e. The zero-order valence-electron chi connectivity index (χ0n) is 16.5. The molecule has 1 amide bonds. The highest BCUT2D eigenvalue weighted by molar-refractivity contribution is 5.92. The minimum Gasteiger partial charge on any atom is -0.302 e. The number of amides is 1. The van der Waals surface area contributed by atoms with E-state index < -0.39 is 0 Å². The molecular formula is C20H34N4O. The van der Waals surface area contributed by atoms with Crippen LogP contribution in [0.5, 0.6) is 0 Å². The van der Waals surface area contributed by atoms with Gasteiger partial charge < -0.3 is 4.90 Å². The van der Waals surface area contributed by atoms with Crippen LogP contribution in [0.4, 0.5) is 5.82 Å². The Hall–Kier alpha value is -1.46. The molecule has 0 bridgehead atoms. The van der Waals surface area contributed by atoms with Crippen LogP contribution in [0.3, 0.4) is 0 Å². The van der Waals surface area contributed by atoms with Gasteiger partial charge >= 0.3 is 0 Å². The molecule has 0 N–H and O–H groups in total. The quantitative estimate of drug-likeness (QED) is 0.726. The third-order valence-corrected chi connectivity index (χ3v) is 4.92. The predicted molar refractivity (Wildman–Crippen MR) is 104 cm³/mol. The Labute approximate surface area is 153 Å². The molecular weight excluding hydrogens is 312 g/mol. The second-order valence-electron chi connectivity index (χ2n) is 7.61. The highest BCUT2D eigenvalue weighted by atomic mass is 16.2. The molecule has 1 aliphatic rings. The molecule has 0 aromatic carbocycles. The van der Waals surface area contributed by atoms with E-state index in [-0.39, 0.29) is 5.91 Å². The van der Waals surface area contributed by atoms with Gasteiger partial charge in [-0.05, 0) is 45.0 Å². The zero-order chi connectivity index (χ0) is 18.4. The minimum absolute atomic E-state index is 0.144. The first-order valence-corrected chi connectivity index (χ1v) is 9.57. The molecule has 0 spiro atoms. The highest BCUT2D eigenvalue weighted by Gasteiger charge is 2.26. The van der Waals surface area contributed by atoms with Gasteiger partial charge in [0.25, 0.3) is 0 Å². The maximum atomic E-state index is 12.4. The summed E-state index contributed by atoms with van der Waals surface area (Å²) < 4.78 is 0. The number of carbonyl (C=O) groups excluding carboxylic acids is 1. The molecule has 1 fully saturated rings. The van der Waals surface area contributed by atoms with Crippen molar-refractivity contribution in [2.24, 2.45) is 5.92 Å². The number of hydrogen-bond donors (Lipinski definition) is 0. The predicted octanol–water partition coefficient (Wildman–Crippen LogP) is 2.80. The molecule has 1 unspecified atom stereocenters. The summed E-state index contributed by atoms with van der Waals surface area (Å²) in [5.41, 5.74) is 0.947. The molecule has 1 aromatic rings. The number of anilines is 1. The van der Waals surface area contributed by atoms with Gasteiger partial charge in [0, 0.05) is 44.3 Å². The summed E-state index contributed by atoms with van der Waals surface area (Å²) in [5.74, 6) is 1.62. The van der Waals surface area contributed by atoms with Gasteiger partial charge in [0.2, 0.25) is 5.91 Å². The van der Waals surface area contributed by atoms with Crippen LogP contribution in [0.15, 0.2) is 18.2 Å². The maximum Gasteiger partial charge on any atom is 0.227 e. The van der Waals surface area contributed by atoms with E-state index in [1.54, 1.807) is 0 Å². The van der Waals surface area contributed by atoms with Crippen LogP contribution in [-0.2, 0) is 4.79 Å². The molecule has 1 aromatic heterocycles. The molecule has 5 heteroatoms. The summed E-state index contributed by atoms with van der Waals surface area (Å²) in [7, 11) is 2.23. The average molecular weight is 347 g/mol. The fourth-order valence-electron chi connectivity index (χ4n) is 3.58. The molecule has 1 aliphatic heterocycles. The van der Waals surface area contributed by atoms with Crippen LogP contribution in [0.25, 0.3) is 0 Å². The third-order valence-electron chi connectivity index (χ3n) is 4.92. The number of rotatable bonds is 8. The number of aromatic nitrogens is 1. The van der Waals surface area contributed by atoms with Crippen molar-refractivity contribution in [1.82, 2.24) is 14.8 Å². The van der Waals surface area contributed by atoms with E-state index in [1.807, 2.05) is 36.9 Å². The molecule has 1 atom stereocenters. The largest absolute Gasteiger partial charge is 0.302 e. The van der Waals surface area contributed by atoms with Crippen molar-refractivity contribution in [3.05, 3.63) is 23.9 Å². The summed E-state index contributed by atoms with van der Waals surface area (Å²) in [6, 6.07) is 6.51. The highest BCUT2D eigenvalue weighted by Crippen LogP contribution is 2.17. The van der Waals surface area contributed by atoms with Gasteiger partial charge in [0.15, 0.2) is 0 Å². The van der Waals surface area contributed by atoms with Gasteiger partial charge in [0.1, 0.15) is 5.82 Å². The lowest BCUT2D eigenvalue weighted by molar-refractivity contribution is -0.118. The van der Waals surface area contributed by atoms with E-state index in [0.29, 0.717) is 24.9 Å². The van der Waals surface area contributed by atoms with Crippen molar-refractivity contribution in [2.75, 3.05) is 44.7 Å². The summed E-state index contributed by atoms with van der Waals surface area (Å²) in [5, 5.41) is 0. The van der Waals surface area contributed by atoms with Gasteiger partial charge in [-0.1, -0.05) is 26.8 Å². The fourth-order valence-corrected chi connectivity index (χ4v) is 3.58. The molecule has 1 saturated heterocycles. The second-order valence-corrected chi connectivity index (χ2v) is 7.61. The Balaban J connectivity index is 1.92. The summed E-state index contributed by atoms with van der Waals surface area (Å²) >= 11 is 0. The zero-order valence-corrected chi connectivity index (χ0v) is 16.5. The first-order chi connectivity index (χ1) is 11.9. The maximum absolute atomic E-state index is 12.4. The minimum atomic E-state index is 0.144. The molecule has 2 rings (SSSR count). The molecule has 25 heavy (non-hydrogen) atoms. The van der Waals surface area contributed by atoms with Crippen molar-refractivity contribution in [1.29, 1.82) is 0 Å². The third kappa shape index (κ3) is 5.79.